The van der Waals surface area contributed by atoms with Crippen molar-refractivity contribution in [3.63, 3.8) is 0 Å². The number of nitrogens with zero attached hydrogens (tertiary/aromatic N) is 7. The Morgan fingerprint density at radius 3 is 2.69 bits per heavy atom. The molecule has 1 aliphatic heterocycles. The summed E-state index contributed by atoms with van der Waals surface area (Å²) in [5.41, 5.74) is 0.914. The first-order valence-corrected chi connectivity index (χ1v) is 11.9. The van der Waals surface area contributed by atoms with Crippen molar-refractivity contribution in [2.45, 2.75) is 36.5 Å². The monoisotopic (exact) mass is 497 g/mol. The minimum absolute atomic E-state index is 0.116. The van der Waals surface area contributed by atoms with Crippen LogP contribution in [0.1, 0.15) is 30.7 Å². The number of aryl methyl sites for hydroxylation is 1. The number of imide groups is 1. The molecule has 13 heteroatoms. The third kappa shape index (κ3) is 6.53. The summed E-state index contributed by atoms with van der Waals surface area (Å²) in [6.07, 6.45) is 5.42. The lowest BCUT2D eigenvalue weighted by Crippen LogP contribution is -2.32. The van der Waals surface area contributed by atoms with Gasteiger partial charge in [0.05, 0.1) is 18.0 Å². The molecule has 3 heterocycles. The molecule has 1 fully saturated rings. The molecule has 0 N–H and O–H groups in total. The molecule has 4 rings (SSSR count). The number of carbonyl (C=O) groups excluding carboxylic acids is 2. The average Bonchev–Trinajstić information content (AvgIpc) is 3.58. The number of aromatic nitrogens is 3. The molecule has 1 saturated heterocycles. The minimum Gasteiger partial charge on any atom is -0.400 e. The standard InChI is InChI=1S/C22H23N7O5S/c30-20-15-28(23-13-18-9-10-21(34-18)29(32)33)22(31)27(20)12-6-2-5-11-26-14-17(24-25-26)16-35-19-7-3-1-4-8-19/h1,3-4,7-10,13-14H,2,5-6,11-12,15-16H2/b23-13+. The summed E-state index contributed by atoms with van der Waals surface area (Å²) in [7, 11) is 0. The summed E-state index contributed by atoms with van der Waals surface area (Å²) < 4.78 is 6.77. The molecular formula is C22H23N7O5S. The van der Waals surface area contributed by atoms with Crippen LogP contribution in [0.2, 0.25) is 0 Å². The Balaban J connectivity index is 1.16. The van der Waals surface area contributed by atoms with Gasteiger partial charge < -0.3 is 4.42 Å². The zero-order valence-electron chi connectivity index (χ0n) is 18.7. The number of unbranched alkanes of at least 4 members (excludes halogenated alkanes) is 2. The summed E-state index contributed by atoms with van der Waals surface area (Å²) in [4.78, 5) is 37.0. The summed E-state index contributed by atoms with van der Waals surface area (Å²) >= 11 is 1.71. The molecule has 35 heavy (non-hydrogen) atoms. The van der Waals surface area contributed by atoms with Gasteiger partial charge in [0.2, 0.25) is 0 Å². The highest BCUT2D eigenvalue weighted by Crippen LogP contribution is 2.21. The van der Waals surface area contributed by atoms with Crippen LogP contribution in [0.4, 0.5) is 10.7 Å². The van der Waals surface area contributed by atoms with E-state index in [9.17, 15) is 19.7 Å². The smallest absolute Gasteiger partial charge is 0.400 e. The zero-order chi connectivity index (χ0) is 24.6. The molecule has 0 aliphatic carbocycles. The lowest BCUT2D eigenvalue weighted by molar-refractivity contribution is -0.402. The number of hydrogen-bond acceptors (Lipinski definition) is 9. The van der Waals surface area contributed by atoms with Crippen LogP contribution in [-0.4, -0.2) is 61.1 Å². The van der Waals surface area contributed by atoms with Crippen LogP contribution in [0.3, 0.4) is 0 Å². The van der Waals surface area contributed by atoms with Crippen molar-refractivity contribution in [1.29, 1.82) is 0 Å². The third-order valence-corrected chi connectivity index (χ3v) is 6.19. The number of amides is 3. The largest absolute Gasteiger partial charge is 0.433 e. The summed E-state index contributed by atoms with van der Waals surface area (Å²) in [5.74, 6) is 0.101. The van der Waals surface area contributed by atoms with Crippen LogP contribution < -0.4 is 0 Å². The van der Waals surface area contributed by atoms with E-state index in [4.69, 9.17) is 4.42 Å². The van der Waals surface area contributed by atoms with Gasteiger partial charge in [-0.05, 0) is 37.5 Å². The fourth-order valence-electron chi connectivity index (χ4n) is 3.38. The molecule has 0 saturated carbocycles. The highest BCUT2D eigenvalue weighted by Gasteiger charge is 2.35. The number of hydrazone groups is 1. The Labute approximate surface area is 204 Å². The van der Waals surface area contributed by atoms with Crippen molar-refractivity contribution in [2.24, 2.45) is 5.10 Å². The second-order valence-electron chi connectivity index (χ2n) is 7.70. The lowest BCUT2D eigenvalue weighted by Gasteiger charge is -2.13. The number of thioether (sulfide) groups is 1. The summed E-state index contributed by atoms with van der Waals surface area (Å²) in [6.45, 7) is 0.823. The Morgan fingerprint density at radius 1 is 1.11 bits per heavy atom. The predicted octanol–water partition coefficient (Wildman–Crippen LogP) is 3.54. The van der Waals surface area contributed by atoms with Crippen molar-refractivity contribution in [3.05, 3.63) is 70.2 Å². The van der Waals surface area contributed by atoms with E-state index in [2.05, 4.69) is 27.5 Å². The SMILES string of the molecule is O=C1CN(/N=C/c2ccc([N+](=O)[O-])o2)C(=O)N1CCCCCn1cc(CSc2ccccc2)nn1. The molecule has 3 aromatic rings. The number of nitro groups is 1. The molecule has 182 valence electrons. The topological polar surface area (TPSA) is 140 Å². The summed E-state index contributed by atoms with van der Waals surface area (Å²) in [5, 5.41) is 24.0. The first-order chi connectivity index (χ1) is 17.0. The van der Waals surface area contributed by atoms with Gasteiger partial charge in [-0.2, -0.15) is 5.10 Å². The second-order valence-corrected chi connectivity index (χ2v) is 8.75. The molecule has 0 radical (unpaired) electrons. The molecule has 1 aliphatic rings. The number of furan rings is 1. The van der Waals surface area contributed by atoms with Gasteiger partial charge in [-0.25, -0.2) is 9.80 Å². The Morgan fingerprint density at radius 2 is 1.91 bits per heavy atom. The highest BCUT2D eigenvalue weighted by molar-refractivity contribution is 7.98. The number of carbonyl (C=O) groups is 2. The van der Waals surface area contributed by atoms with Gasteiger partial charge in [-0.15, -0.1) is 16.9 Å². The summed E-state index contributed by atoms with van der Waals surface area (Å²) in [6, 6.07) is 12.1. The van der Waals surface area contributed by atoms with E-state index in [1.54, 1.807) is 11.8 Å². The number of urea groups is 1. The number of hydrogen-bond donors (Lipinski definition) is 0. The van der Waals surface area contributed by atoms with Crippen molar-refractivity contribution < 1.29 is 18.9 Å². The van der Waals surface area contributed by atoms with Gasteiger partial charge in [-0.3, -0.25) is 24.5 Å². The van der Waals surface area contributed by atoms with Gasteiger partial charge in [0.25, 0.3) is 5.91 Å². The molecule has 2 aromatic heterocycles. The maximum Gasteiger partial charge on any atom is 0.433 e. The fourth-order valence-corrected chi connectivity index (χ4v) is 4.18. The van der Waals surface area contributed by atoms with Crippen molar-refractivity contribution >= 4 is 35.8 Å². The molecule has 0 unspecified atom stereocenters. The molecule has 0 atom stereocenters. The van der Waals surface area contributed by atoms with E-state index in [-0.39, 0.29) is 18.2 Å². The van der Waals surface area contributed by atoms with E-state index in [1.807, 2.05) is 29.1 Å². The second kappa shape index (κ2) is 11.4. The molecule has 1 aromatic carbocycles. The van der Waals surface area contributed by atoms with E-state index >= 15 is 0 Å². The molecule has 0 spiro atoms. The highest BCUT2D eigenvalue weighted by atomic mass is 32.2. The zero-order valence-corrected chi connectivity index (χ0v) is 19.5. The van der Waals surface area contributed by atoms with E-state index in [0.717, 1.165) is 34.2 Å². The number of rotatable bonds is 12. The van der Waals surface area contributed by atoms with Crippen LogP contribution in [0.25, 0.3) is 0 Å². The minimum atomic E-state index is -0.670. The van der Waals surface area contributed by atoms with Crippen molar-refractivity contribution in [3.8, 4) is 0 Å². The van der Waals surface area contributed by atoms with Gasteiger partial charge in [0.1, 0.15) is 11.5 Å². The molecule has 3 amide bonds. The third-order valence-electron chi connectivity index (χ3n) is 5.14. The van der Waals surface area contributed by atoms with Crippen molar-refractivity contribution in [1.82, 2.24) is 24.9 Å². The first kappa shape index (κ1) is 24.1. The van der Waals surface area contributed by atoms with Gasteiger partial charge >= 0.3 is 11.9 Å². The Bertz CT molecular complexity index is 1210. The van der Waals surface area contributed by atoms with Gasteiger partial charge in [-0.1, -0.05) is 23.4 Å². The Kier molecular flexibility index (Phi) is 7.88. The van der Waals surface area contributed by atoms with Crippen molar-refractivity contribution in [2.75, 3.05) is 13.1 Å². The fraction of sp³-hybridized carbons (Fsp3) is 0.318. The van der Waals surface area contributed by atoms with Gasteiger partial charge in [0, 0.05) is 29.9 Å². The van der Waals surface area contributed by atoms with Crippen LogP contribution >= 0.6 is 11.8 Å². The van der Waals surface area contributed by atoms with Crippen LogP contribution in [0.5, 0.6) is 0 Å². The van der Waals surface area contributed by atoms with Crippen LogP contribution in [0, 0.1) is 10.1 Å². The average molecular weight is 498 g/mol. The normalized spacial score (nSPS) is 13.9. The van der Waals surface area contributed by atoms with E-state index < -0.39 is 16.8 Å². The maximum absolute atomic E-state index is 12.5. The van der Waals surface area contributed by atoms with E-state index in [0.29, 0.717) is 19.5 Å². The number of benzene rings is 1. The molecule has 0 bridgehead atoms. The Hall–Kier alpha value is -4.00. The van der Waals surface area contributed by atoms with Crippen LogP contribution in [0.15, 0.2) is 63.1 Å². The van der Waals surface area contributed by atoms with Gasteiger partial charge in [0.15, 0.2) is 5.76 Å². The molecule has 12 nitrogen and oxygen atoms in total. The van der Waals surface area contributed by atoms with Crippen LogP contribution in [-0.2, 0) is 17.1 Å². The lowest BCUT2D eigenvalue weighted by atomic mass is 10.2. The maximum atomic E-state index is 12.5. The first-order valence-electron chi connectivity index (χ1n) is 11.0. The predicted molar refractivity (Wildman–Crippen MR) is 127 cm³/mol. The van der Waals surface area contributed by atoms with E-state index in [1.165, 1.54) is 23.2 Å². The molecular weight excluding hydrogens is 474 g/mol. The quantitative estimate of drug-likeness (QED) is 0.0924.